The molecule has 1 atom stereocenters. The van der Waals surface area contributed by atoms with Crippen LogP contribution in [-0.2, 0) is 0 Å². The molecule has 1 aromatic carbocycles. The van der Waals surface area contributed by atoms with Crippen molar-refractivity contribution < 1.29 is 0 Å². The number of halogens is 2. The molecule has 10 heteroatoms. The van der Waals surface area contributed by atoms with Crippen LogP contribution in [-0.4, -0.2) is 63.0 Å². The van der Waals surface area contributed by atoms with Crippen LogP contribution >= 0.6 is 23.2 Å². The maximum absolute atomic E-state index is 6.37. The number of hydrogen-bond donors (Lipinski definition) is 2. The lowest BCUT2D eigenvalue weighted by Gasteiger charge is -2.34. The molecule has 194 valence electrons. The van der Waals surface area contributed by atoms with Crippen LogP contribution in [0.1, 0.15) is 38.1 Å². The largest absolute Gasteiger partial charge is 0.369 e. The van der Waals surface area contributed by atoms with E-state index in [1.165, 1.54) is 18.5 Å². The Morgan fingerprint density at radius 2 is 1.73 bits per heavy atom. The zero-order valence-electron chi connectivity index (χ0n) is 21.0. The molecule has 2 aromatic heterocycles. The van der Waals surface area contributed by atoms with Crippen LogP contribution in [0, 0.1) is 0 Å². The average molecular weight is 540 g/mol. The number of hydrogen-bond acceptors (Lipinski definition) is 7. The minimum atomic E-state index is -0.137. The molecule has 8 nitrogen and oxygen atoms in total. The minimum absolute atomic E-state index is 0.137. The van der Waals surface area contributed by atoms with E-state index in [1.54, 1.807) is 6.20 Å². The van der Waals surface area contributed by atoms with Crippen molar-refractivity contribution >= 4 is 57.6 Å². The Morgan fingerprint density at radius 1 is 0.973 bits per heavy atom. The van der Waals surface area contributed by atoms with Crippen molar-refractivity contribution in [2.45, 2.75) is 43.5 Å². The van der Waals surface area contributed by atoms with Gasteiger partial charge in [-0.3, -0.25) is 4.57 Å². The first-order chi connectivity index (χ1) is 18.0. The molecule has 37 heavy (non-hydrogen) atoms. The molecule has 1 unspecified atom stereocenters. The van der Waals surface area contributed by atoms with Crippen molar-refractivity contribution in [2.75, 3.05) is 48.8 Å². The predicted octanol–water partition coefficient (Wildman–Crippen LogP) is 5.87. The van der Waals surface area contributed by atoms with E-state index in [-0.39, 0.29) is 5.38 Å². The normalized spacial score (nSPS) is 21.3. The number of nitrogens with one attached hydrogen (secondary N) is 2. The highest BCUT2D eigenvalue weighted by molar-refractivity contribution is 6.31. The van der Waals surface area contributed by atoms with Gasteiger partial charge < -0.3 is 20.4 Å². The Morgan fingerprint density at radius 3 is 2.46 bits per heavy atom. The summed E-state index contributed by atoms with van der Waals surface area (Å²) in [6, 6.07) is 8.86. The fourth-order valence-corrected chi connectivity index (χ4v) is 6.08. The monoisotopic (exact) mass is 538 g/mol. The second-order valence-corrected chi connectivity index (χ2v) is 11.2. The number of allylic oxidation sites excluding steroid dienone is 3. The van der Waals surface area contributed by atoms with Gasteiger partial charge in [-0.15, -0.1) is 11.6 Å². The molecule has 1 aliphatic heterocycles. The molecule has 2 fully saturated rings. The van der Waals surface area contributed by atoms with Crippen LogP contribution < -0.4 is 15.5 Å². The Labute approximate surface area is 227 Å². The molecule has 1 saturated heterocycles. The highest BCUT2D eigenvalue weighted by Crippen LogP contribution is 2.36. The predicted molar refractivity (Wildman–Crippen MR) is 152 cm³/mol. The molecule has 0 radical (unpaired) electrons. The van der Waals surface area contributed by atoms with Gasteiger partial charge in [0.15, 0.2) is 5.65 Å². The van der Waals surface area contributed by atoms with E-state index >= 15 is 0 Å². The number of alkyl halides is 1. The van der Waals surface area contributed by atoms with Gasteiger partial charge in [0.25, 0.3) is 0 Å². The Balaban J connectivity index is 1.26. The van der Waals surface area contributed by atoms with E-state index in [9.17, 15) is 0 Å². The zero-order valence-corrected chi connectivity index (χ0v) is 22.5. The second kappa shape index (κ2) is 10.5. The molecule has 0 spiro atoms. The summed E-state index contributed by atoms with van der Waals surface area (Å²) in [6.45, 7) is 4.28. The number of imidazole rings is 1. The first-order valence-electron chi connectivity index (χ1n) is 13.1. The topological polar surface area (TPSA) is 74.1 Å². The van der Waals surface area contributed by atoms with Crippen LogP contribution in [0.25, 0.3) is 11.2 Å². The number of nitrogens with zero attached hydrogens (tertiary/aromatic N) is 6. The SMILES string of the molecule is CN1CCN(c2ccc(Nc3ncc4nc(NC5=CC(Cl)CC(Cl)=C5)n(C5CCCC5)c4n3)cc2)CC1. The van der Waals surface area contributed by atoms with Crippen LogP contribution in [0.4, 0.5) is 23.3 Å². The van der Waals surface area contributed by atoms with Gasteiger partial charge in [-0.2, -0.15) is 4.98 Å². The van der Waals surface area contributed by atoms with Crippen LogP contribution in [0.3, 0.4) is 0 Å². The van der Waals surface area contributed by atoms with E-state index in [1.807, 2.05) is 12.2 Å². The van der Waals surface area contributed by atoms with Crippen molar-refractivity contribution in [3.8, 4) is 0 Å². The first-order valence-corrected chi connectivity index (χ1v) is 13.9. The third-order valence-corrected chi connectivity index (χ3v) is 7.98. The molecule has 1 saturated carbocycles. The molecule has 0 amide bonds. The molecule has 3 aromatic rings. The average Bonchev–Trinajstić information content (AvgIpc) is 3.52. The quantitative estimate of drug-likeness (QED) is 0.380. The second-order valence-electron chi connectivity index (χ2n) is 10.2. The van der Waals surface area contributed by atoms with Gasteiger partial charge in [0.05, 0.1) is 11.6 Å². The lowest BCUT2D eigenvalue weighted by Crippen LogP contribution is -2.44. The van der Waals surface area contributed by atoms with E-state index < -0.39 is 0 Å². The fourth-order valence-electron chi connectivity index (χ4n) is 5.42. The summed E-state index contributed by atoms with van der Waals surface area (Å²) in [6.07, 6.45) is 11.0. The number of piperazine rings is 1. The number of rotatable bonds is 6. The van der Waals surface area contributed by atoms with Crippen LogP contribution in [0.15, 0.2) is 53.3 Å². The Kier molecular flexibility index (Phi) is 6.97. The molecule has 2 N–H and O–H groups in total. The summed E-state index contributed by atoms with van der Waals surface area (Å²) in [5.41, 5.74) is 4.66. The zero-order chi connectivity index (χ0) is 25.4. The van der Waals surface area contributed by atoms with E-state index in [4.69, 9.17) is 33.2 Å². The van der Waals surface area contributed by atoms with E-state index in [0.717, 1.165) is 72.5 Å². The van der Waals surface area contributed by atoms with Crippen molar-refractivity contribution in [1.82, 2.24) is 24.4 Å². The van der Waals surface area contributed by atoms with Gasteiger partial charge >= 0.3 is 0 Å². The number of benzene rings is 1. The van der Waals surface area contributed by atoms with Gasteiger partial charge in [-0.25, -0.2) is 9.97 Å². The van der Waals surface area contributed by atoms with Crippen LogP contribution in [0.5, 0.6) is 0 Å². The smallest absolute Gasteiger partial charge is 0.229 e. The maximum atomic E-state index is 6.37. The summed E-state index contributed by atoms with van der Waals surface area (Å²) < 4.78 is 2.23. The van der Waals surface area contributed by atoms with E-state index in [2.05, 4.69) is 61.3 Å². The van der Waals surface area contributed by atoms with Gasteiger partial charge in [0, 0.05) is 60.7 Å². The van der Waals surface area contributed by atoms with Gasteiger partial charge in [0.2, 0.25) is 11.9 Å². The summed E-state index contributed by atoms with van der Waals surface area (Å²) in [4.78, 5) is 19.1. The molecule has 3 aliphatic rings. The molecule has 3 heterocycles. The molecular formula is C27H32Cl2N8. The van der Waals surface area contributed by atoms with Crippen LogP contribution in [0.2, 0.25) is 0 Å². The number of aromatic nitrogens is 4. The van der Waals surface area contributed by atoms with Gasteiger partial charge in [0.1, 0.15) is 5.52 Å². The first kappa shape index (κ1) is 24.5. The Hall–Kier alpha value is -2.81. The third-order valence-electron chi connectivity index (χ3n) is 7.43. The molecular weight excluding hydrogens is 507 g/mol. The summed E-state index contributed by atoms with van der Waals surface area (Å²) >= 11 is 12.7. The van der Waals surface area contributed by atoms with Crippen molar-refractivity contribution in [2.24, 2.45) is 0 Å². The lowest BCUT2D eigenvalue weighted by atomic mass is 10.1. The summed E-state index contributed by atoms with van der Waals surface area (Å²) in [5, 5.41) is 7.44. The maximum Gasteiger partial charge on any atom is 0.229 e. The summed E-state index contributed by atoms with van der Waals surface area (Å²) in [7, 11) is 2.17. The minimum Gasteiger partial charge on any atom is -0.369 e. The molecule has 2 aliphatic carbocycles. The van der Waals surface area contributed by atoms with Gasteiger partial charge in [-0.05, 0) is 56.3 Å². The standard InChI is InChI=1S/C27H32Cl2N8/c1-35-10-12-36(13-11-35)22-8-6-20(7-9-22)31-26-30-17-24-25(34-26)37(23-4-2-3-5-23)27(33-24)32-21-15-18(28)14-19(29)16-21/h6-9,15-18,23H,2-5,10-14H2,1H3,(H,32,33)(H,30,31,34). The van der Waals surface area contributed by atoms with Crippen molar-refractivity contribution in [3.05, 3.63) is 53.3 Å². The lowest BCUT2D eigenvalue weighted by molar-refractivity contribution is 0.313. The highest BCUT2D eigenvalue weighted by Gasteiger charge is 2.25. The van der Waals surface area contributed by atoms with E-state index in [0.29, 0.717) is 18.4 Å². The summed E-state index contributed by atoms with van der Waals surface area (Å²) in [5.74, 6) is 1.31. The van der Waals surface area contributed by atoms with Crippen molar-refractivity contribution in [1.29, 1.82) is 0 Å². The number of anilines is 4. The molecule has 6 rings (SSSR count). The number of likely N-dealkylation sites (N-methyl/N-ethyl adjacent to an activating group) is 1. The Bertz CT molecular complexity index is 1320. The number of fused-ring (bicyclic) bond motifs is 1. The van der Waals surface area contributed by atoms with Gasteiger partial charge in [-0.1, -0.05) is 24.4 Å². The third kappa shape index (κ3) is 5.42. The van der Waals surface area contributed by atoms with Crippen molar-refractivity contribution in [3.63, 3.8) is 0 Å². The molecule has 0 bridgehead atoms. The highest BCUT2D eigenvalue weighted by atomic mass is 35.5. The fraction of sp³-hybridized carbons (Fsp3) is 0.444.